The monoisotopic (exact) mass is 362 g/mol. The van der Waals surface area contributed by atoms with Gasteiger partial charge in [-0.05, 0) is 37.1 Å². The molecule has 4 aromatic rings. The van der Waals surface area contributed by atoms with Crippen molar-refractivity contribution in [3.63, 3.8) is 0 Å². The van der Waals surface area contributed by atoms with Crippen LogP contribution < -0.4 is 0 Å². The van der Waals surface area contributed by atoms with E-state index in [0.29, 0.717) is 12.2 Å². The van der Waals surface area contributed by atoms with Gasteiger partial charge in [-0.25, -0.2) is 0 Å². The Hall–Kier alpha value is -3.48. The Labute approximate surface area is 155 Å². The van der Waals surface area contributed by atoms with Crippen LogP contribution in [0.5, 0.6) is 0 Å². The first kappa shape index (κ1) is 17.0. The molecular formula is C20H18N4O3. The summed E-state index contributed by atoms with van der Waals surface area (Å²) in [6.45, 7) is 1.71. The lowest BCUT2D eigenvalue weighted by Gasteiger charge is -2.08. The molecule has 0 bridgehead atoms. The minimum absolute atomic E-state index is 0.259. The average Bonchev–Trinajstić information content (AvgIpc) is 3.35. The molecule has 4 rings (SSSR count). The molecule has 1 unspecified atom stereocenters. The number of hydrogen-bond acceptors (Lipinski definition) is 6. The normalized spacial score (nSPS) is 12.2. The third kappa shape index (κ3) is 3.72. The van der Waals surface area contributed by atoms with E-state index < -0.39 is 6.10 Å². The standard InChI is InChI=1S/C20H18N4O3/c1-13(20-23-19(24-27-20)15-5-4-10-21-11-15)26-18(25)9-8-14-12-22-17-7-3-2-6-16(14)17/h2-7,10-13,22H,8-9H2,1H3. The minimum atomic E-state index is -0.613. The highest BCUT2D eigenvalue weighted by Crippen LogP contribution is 2.22. The van der Waals surface area contributed by atoms with Gasteiger partial charge in [0, 0.05) is 41.5 Å². The summed E-state index contributed by atoms with van der Waals surface area (Å²) < 4.78 is 10.7. The van der Waals surface area contributed by atoms with Crippen LogP contribution in [0.4, 0.5) is 0 Å². The molecule has 0 saturated carbocycles. The van der Waals surface area contributed by atoms with Crippen molar-refractivity contribution in [2.45, 2.75) is 25.9 Å². The van der Waals surface area contributed by atoms with Crippen LogP contribution in [0, 0.1) is 0 Å². The summed E-state index contributed by atoms with van der Waals surface area (Å²) in [5.41, 5.74) is 2.89. The predicted octanol–water partition coefficient (Wildman–Crippen LogP) is 3.85. The van der Waals surface area contributed by atoms with Crippen molar-refractivity contribution in [2.75, 3.05) is 0 Å². The van der Waals surface area contributed by atoms with Gasteiger partial charge < -0.3 is 14.2 Å². The van der Waals surface area contributed by atoms with Crippen LogP contribution in [0.25, 0.3) is 22.3 Å². The largest absolute Gasteiger partial charge is 0.453 e. The molecule has 0 amide bonds. The van der Waals surface area contributed by atoms with E-state index in [0.717, 1.165) is 22.0 Å². The number of nitrogens with zero attached hydrogens (tertiary/aromatic N) is 3. The summed E-state index contributed by atoms with van der Waals surface area (Å²) in [7, 11) is 0. The number of H-pyrrole nitrogens is 1. The zero-order valence-corrected chi connectivity index (χ0v) is 14.8. The summed E-state index contributed by atoms with van der Waals surface area (Å²) in [4.78, 5) is 23.7. The van der Waals surface area contributed by atoms with Crippen molar-refractivity contribution >= 4 is 16.9 Å². The molecule has 0 aliphatic carbocycles. The molecule has 7 heteroatoms. The highest BCUT2D eigenvalue weighted by molar-refractivity contribution is 5.83. The third-order valence-electron chi connectivity index (χ3n) is 4.29. The molecular weight excluding hydrogens is 344 g/mol. The molecule has 0 radical (unpaired) electrons. The Bertz CT molecular complexity index is 1060. The van der Waals surface area contributed by atoms with E-state index in [1.165, 1.54) is 0 Å². The number of carbonyl (C=O) groups excluding carboxylic acids is 1. The van der Waals surface area contributed by atoms with Gasteiger partial charge in [-0.1, -0.05) is 23.4 Å². The number of hydrogen-bond donors (Lipinski definition) is 1. The van der Waals surface area contributed by atoms with E-state index in [4.69, 9.17) is 9.26 Å². The number of pyridine rings is 1. The fourth-order valence-corrected chi connectivity index (χ4v) is 2.89. The summed E-state index contributed by atoms with van der Waals surface area (Å²) >= 11 is 0. The molecule has 0 spiro atoms. The average molecular weight is 362 g/mol. The molecule has 1 atom stereocenters. The van der Waals surface area contributed by atoms with Gasteiger partial charge in [-0.3, -0.25) is 9.78 Å². The number of fused-ring (bicyclic) bond motifs is 1. The highest BCUT2D eigenvalue weighted by atomic mass is 16.6. The van der Waals surface area contributed by atoms with Crippen LogP contribution in [0.15, 0.2) is 59.5 Å². The van der Waals surface area contributed by atoms with Gasteiger partial charge in [-0.15, -0.1) is 0 Å². The lowest BCUT2D eigenvalue weighted by atomic mass is 10.1. The number of aromatic amines is 1. The first-order valence-corrected chi connectivity index (χ1v) is 8.69. The number of para-hydroxylation sites is 1. The topological polar surface area (TPSA) is 93.9 Å². The number of ether oxygens (including phenoxy) is 1. The van der Waals surface area contributed by atoms with Crippen LogP contribution >= 0.6 is 0 Å². The molecule has 0 fully saturated rings. The molecule has 7 nitrogen and oxygen atoms in total. The van der Waals surface area contributed by atoms with Crippen molar-refractivity contribution in [3.8, 4) is 11.4 Å². The second kappa shape index (κ2) is 7.41. The van der Waals surface area contributed by atoms with E-state index in [2.05, 4.69) is 20.1 Å². The first-order valence-electron chi connectivity index (χ1n) is 8.69. The molecule has 1 N–H and O–H groups in total. The molecule has 3 aromatic heterocycles. The van der Waals surface area contributed by atoms with Gasteiger partial charge in [0.1, 0.15) is 0 Å². The summed E-state index contributed by atoms with van der Waals surface area (Å²) in [6, 6.07) is 11.6. The molecule has 1 aromatic carbocycles. The summed E-state index contributed by atoms with van der Waals surface area (Å²) in [5, 5.41) is 5.04. The third-order valence-corrected chi connectivity index (χ3v) is 4.29. The second-order valence-electron chi connectivity index (χ2n) is 6.19. The first-order chi connectivity index (χ1) is 13.2. The van der Waals surface area contributed by atoms with E-state index in [1.54, 1.807) is 25.4 Å². The molecule has 27 heavy (non-hydrogen) atoms. The summed E-state index contributed by atoms with van der Waals surface area (Å²) in [6.07, 6.45) is 5.50. The number of aryl methyl sites for hydroxylation is 1. The quantitative estimate of drug-likeness (QED) is 0.524. The van der Waals surface area contributed by atoms with Crippen molar-refractivity contribution in [1.82, 2.24) is 20.1 Å². The smallest absolute Gasteiger partial charge is 0.306 e. The Morgan fingerprint density at radius 1 is 1.26 bits per heavy atom. The second-order valence-corrected chi connectivity index (χ2v) is 6.19. The Balaban J connectivity index is 1.36. The number of rotatable bonds is 6. The van der Waals surface area contributed by atoms with Crippen molar-refractivity contribution < 1.29 is 14.1 Å². The Kier molecular flexibility index (Phi) is 4.65. The maximum absolute atomic E-state index is 12.2. The van der Waals surface area contributed by atoms with Gasteiger partial charge in [-0.2, -0.15) is 4.98 Å². The van der Waals surface area contributed by atoms with Gasteiger partial charge in [0.2, 0.25) is 5.82 Å². The van der Waals surface area contributed by atoms with Crippen LogP contribution in [0.1, 0.15) is 30.9 Å². The van der Waals surface area contributed by atoms with Crippen LogP contribution in [0.3, 0.4) is 0 Å². The number of aromatic nitrogens is 4. The van der Waals surface area contributed by atoms with E-state index in [-0.39, 0.29) is 18.3 Å². The highest BCUT2D eigenvalue weighted by Gasteiger charge is 2.19. The number of esters is 1. The van der Waals surface area contributed by atoms with E-state index >= 15 is 0 Å². The van der Waals surface area contributed by atoms with Crippen LogP contribution in [-0.4, -0.2) is 26.1 Å². The Morgan fingerprint density at radius 2 is 2.15 bits per heavy atom. The van der Waals surface area contributed by atoms with Crippen LogP contribution in [-0.2, 0) is 16.0 Å². The lowest BCUT2D eigenvalue weighted by Crippen LogP contribution is -2.10. The predicted molar refractivity (Wildman–Crippen MR) is 98.7 cm³/mol. The van der Waals surface area contributed by atoms with Gasteiger partial charge in [0.15, 0.2) is 6.10 Å². The van der Waals surface area contributed by atoms with Gasteiger partial charge in [0.05, 0.1) is 0 Å². The molecule has 0 saturated heterocycles. The van der Waals surface area contributed by atoms with Gasteiger partial charge >= 0.3 is 5.97 Å². The minimum Gasteiger partial charge on any atom is -0.453 e. The van der Waals surface area contributed by atoms with Crippen molar-refractivity contribution in [2.24, 2.45) is 0 Å². The molecule has 0 aliphatic rings. The maximum Gasteiger partial charge on any atom is 0.306 e. The summed E-state index contributed by atoms with van der Waals surface area (Å²) in [5.74, 6) is 0.364. The van der Waals surface area contributed by atoms with Crippen molar-refractivity contribution in [3.05, 3.63) is 66.4 Å². The maximum atomic E-state index is 12.2. The van der Waals surface area contributed by atoms with Crippen molar-refractivity contribution in [1.29, 1.82) is 0 Å². The number of benzene rings is 1. The fourth-order valence-electron chi connectivity index (χ4n) is 2.89. The number of carbonyl (C=O) groups is 1. The molecule has 0 aliphatic heterocycles. The van der Waals surface area contributed by atoms with Crippen LogP contribution in [0.2, 0.25) is 0 Å². The lowest BCUT2D eigenvalue weighted by molar-refractivity contribution is -0.149. The van der Waals surface area contributed by atoms with E-state index in [1.807, 2.05) is 36.5 Å². The van der Waals surface area contributed by atoms with E-state index in [9.17, 15) is 4.79 Å². The zero-order chi connectivity index (χ0) is 18.6. The SMILES string of the molecule is CC(OC(=O)CCc1c[nH]c2ccccc12)c1nc(-c2cccnc2)no1. The fraction of sp³-hybridized carbons (Fsp3) is 0.200. The Morgan fingerprint density at radius 3 is 3.00 bits per heavy atom. The number of nitrogens with one attached hydrogen (secondary N) is 1. The zero-order valence-electron chi connectivity index (χ0n) is 14.8. The molecule has 3 heterocycles. The van der Waals surface area contributed by atoms with Gasteiger partial charge in [0.25, 0.3) is 5.89 Å². The molecule has 136 valence electrons.